The number of allylic oxidation sites excluding steroid dienone is 1. The highest BCUT2D eigenvalue weighted by molar-refractivity contribution is 5.84. The Hall–Kier alpha value is -2.42. The van der Waals surface area contributed by atoms with Gasteiger partial charge in [-0.05, 0) is 55.0 Å². The number of para-hydroxylation sites is 1. The molecule has 0 atom stereocenters. The minimum Gasteiger partial charge on any atom is -0.426 e. The number of aromatic nitrogens is 1. The Bertz CT molecular complexity index is 747. The summed E-state index contributed by atoms with van der Waals surface area (Å²) in [6, 6.07) is 9.82. The number of ether oxygens (including phenoxy) is 1. The molecule has 1 aromatic carbocycles. The molecular formula is C19H19NO2. The molecule has 3 nitrogen and oxygen atoms in total. The van der Waals surface area contributed by atoms with Crippen molar-refractivity contribution < 1.29 is 9.53 Å². The normalized spacial score (nSPS) is 15.5. The van der Waals surface area contributed by atoms with Crippen molar-refractivity contribution in [1.29, 1.82) is 0 Å². The molecule has 1 aliphatic rings. The van der Waals surface area contributed by atoms with Gasteiger partial charge < -0.3 is 4.74 Å². The first-order chi connectivity index (χ1) is 10.6. The van der Waals surface area contributed by atoms with Gasteiger partial charge in [0.05, 0.1) is 5.69 Å². The van der Waals surface area contributed by atoms with Gasteiger partial charge in [0.2, 0.25) is 0 Å². The molecule has 0 unspecified atom stereocenters. The van der Waals surface area contributed by atoms with Crippen molar-refractivity contribution in [3.8, 4) is 5.75 Å². The number of fused-ring (bicyclic) bond motifs is 1. The molecule has 3 rings (SSSR count). The summed E-state index contributed by atoms with van der Waals surface area (Å²) in [5, 5.41) is 0. The molecule has 0 fully saturated rings. The first-order valence-electron chi connectivity index (χ1n) is 7.57. The highest BCUT2D eigenvalue weighted by atomic mass is 16.5. The van der Waals surface area contributed by atoms with Crippen LogP contribution in [-0.2, 0) is 11.2 Å². The fraction of sp³-hybridized carbons (Fsp3) is 0.263. The second-order valence-corrected chi connectivity index (χ2v) is 5.67. The second kappa shape index (κ2) is 6.14. The molecular weight excluding hydrogens is 274 g/mol. The van der Waals surface area contributed by atoms with Gasteiger partial charge in [-0.25, -0.2) is 0 Å². The van der Waals surface area contributed by atoms with Crippen LogP contribution >= 0.6 is 0 Å². The van der Waals surface area contributed by atoms with Crippen LogP contribution in [0.4, 0.5) is 0 Å². The first-order valence-corrected chi connectivity index (χ1v) is 7.57. The van der Waals surface area contributed by atoms with Crippen LogP contribution < -0.4 is 4.74 Å². The third-order valence-corrected chi connectivity index (χ3v) is 3.80. The summed E-state index contributed by atoms with van der Waals surface area (Å²) in [5.41, 5.74) is 5.71. The van der Waals surface area contributed by atoms with Crippen molar-refractivity contribution in [3.63, 3.8) is 0 Å². The Morgan fingerprint density at radius 1 is 1.27 bits per heavy atom. The van der Waals surface area contributed by atoms with E-state index < -0.39 is 0 Å². The maximum absolute atomic E-state index is 11.2. The Morgan fingerprint density at radius 3 is 2.91 bits per heavy atom. The van der Waals surface area contributed by atoms with E-state index in [1.807, 2.05) is 30.5 Å². The lowest BCUT2D eigenvalue weighted by Crippen LogP contribution is -2.05. The molecule has 0 bridgehead atoms. The van der Waals surface area contributed by atoms with Crippen molar-refractivity contribution in [2.24, 2.45) is 0 Å². The molecule has 0 saturated carbocycles. The van der Waals surface area contributed by atoms with E-state index in [1.165, 1.54) is 23.6 Å². The van der Waals surface area contributed by atoms with Crippen LogP contribution in [0.25, 0.3) is 11.6 Å². The Morgan fingerprint density at radius 2 is 2.09 bits per heavy atom. The average molecular weight is 293 g/mol. The molecule has 112 valence electrons. The lowest BCUT2D eigenvalue weighted by atomic mass is 9.89. The number of pyridine rings is 1. The topological polar surface area (TPSA) is 39.2 Å². The zero-order valence-electron chi connectivity index (χ0n) is 12.9. The monoisotopic (exact) mass is 293 g/mol. The summed E-state index contributed by atoms with van der Waals surface area (Å²) in [6.45, 7) is 3.49. The molecule has 0 spiro atoms. The number of hydrogen-bond acceptors (Lipinski definition) is 3. The van der Waals surface area contributed by atoms with Crippen molar-refractivity contribution in [1.82, 2.24) is 4.98 Å². The highest BCUT2D eigenvalue weighted by Crippen LogP contribution is 2.33. The molecule has 0 saturated heterocycles. The molecule has 3 heteroatoms. The lowest BCUT2D eigenvalue weighted by molar-refractivity contribution is -0.131. The molecule has 0 aliphatic heterocycles. The number of rotatable bonds is 2. The minimum atomic E-state index is -0.302. The third kappa shape index (κ3) is 3.08. The zero-order chi connectivity index (χ0) is 15.5. The van der Waals surface area contributed by atoms with Gasteiger partial charge in [-0.2, -0.15) is 0 Å². The van der Waals surface area contributed by atoms with Crippen LogP contribution in [0.15, 0.2) is 36.5 Å². The number of benzene rings is 1. The zero-order valence-corrected chi connectivity index (χ0v) is 12.9. The number of nitrogens with zero attached hydrogens (tertiary/aromatic N) is 1. The molecule has 0 N–H and O–H groups in total. The molecule has 1 aromatic heterocycles. The van der Waals surface area contributed by atoms with Gasteiger partial charge in [0.15, 0.2) is 0 Å². The van der Waals surface area contributed by atoms with E-state index in [0.717, 1.165) is 30.5 Å². The van der Waals surface area contributed by atoms with Crippen LogP contribution in [0.3, 0.4) is 0 Å². The van der Waals surface area contributed by atoms with Gasteiger partial charge in [-0.15, -0.1) is 0 Å². The minimum absolute atomic E-state index is 0.302. The van der Waals surface area contributed by atoms with E-state index in [1.54, 1.807) is 0 Å². The molecule has 22 heavy (non-hydrogen) atoms. The highest BCUT2D eigenvalue weighted by Gasteiger charge is 2.16. The van der Waals surface area contributed by atoms with E-state index in [0.29, 0.717) is 5.75 Å². The summed E-state index contributed by atoms with van der Waals surface area (Å²) in [7, 11) is 0. The number of hydrogen-bond donors (Lipinski definition) is 0. The van der Waals surface area contributed by atoms with Crippen molar-refractivity contribution >= 4 is 17.6 Å². The van der Waals surface area contributed by atoms with Crippen LogP contribution in [0.1, 0.15) is 42.1 Å². The summed E-state index contributed by atoms with van der Waals surface area (Å²) >= 11 is 0. The van der Waals surface area contributed by atoms with E-state index in [4.69, 9.17) is 4.74 Å². The molecule has 2 aromatic rings. The summed E-state index contributed by atoms with van der Waals surface area (Å²) in [6.07, 6.45) is 7.21. The predicted octanol–water partition coefficient (Wildman–Crippen LogP) is 4.19. The lowest BCUT2D eigenvalue weighted by Gasteiger charge is -2.19. The summed E-state index contributed by atoms with van der Waals surface area (Å²) in [5.74, 6) is 0.297. The number of esters is 1. The van der Waals surface area contributed by atoms with Crippen LogP contribution in [0.5, 0.6) is 5.75 Å². The standard InChI is InChI=1S/C19H19NO2/c1-13-10-16-7-5-8-17(19(16)20-12-13)11-15-6-3-4-9-18(15)22-14(2)21/h3-4,6,9-12H,5,7-8H2,1-2H3. The van der Waals surface area contributed by atoms with Gasteiger partial charge in [0, 0.05) is 18.7 Å². The Labute approximate surface area is 130 Å². The fourth-order valence-corrected chi connectivity index (χ4v) is 2.87. The summed E-state index contributed by atoms with van der Waals surface area (Å²) < 4.78 is 5.29. The number of carbonyl (C=O) groups is 1. The maximum Gasteiger partial charge on any atom is 0.308 e. The predicted molar refractivity (Wildman–Crippen MR) is 87.5 cm³/mol. The molecule has 1 aliphatic carbocycles. The van der Waals surface area contributed by atoms with Crippen LogP contribution in [-0.4, -0.2) is 11.0 Å². The van der Waals surface area contributed by atoms with Crippen molar-refractivity contribution in [3.05, 3.63) is 58.9 Å². The van der Waals surface area contributed by atoms with Gasteiger partial charge in [-0.1, -0.05) is 24.3 Å². The SMILES string of the molecule is CC(=O)Oc1ccccc1C=C1CCCc2cc(C)cnc21. The largest absolute Gasteiger partial charge is 0.426 e. The van der Waals surface area contributed by atoms with Gasteiger partial charge in [-0.3, -0.25) is 9.78 Å². The van der Waals surface area contributed by atoms with Crippen LogP contribution in [0, 0.1) is 6.92 Å². The van der Waals surface area contributed by atoms with Crippen molar-refractivity contribution in [2.75, 3.05) is 0 Å². The van der Waals surface area contributed by atoms with E-state index in [9.17, 15) is 4.79 Å². The van der Waals surface area contributed by atoms with E-state index in [-0.39, 0.29) is 5.97 Å². The first kappa shape index (κ1) is 14.5. The van der Waals surface area contributed by atoms with Gasteiger partial charge in [0.1, 0.15) is 5.75 Å². The second-order valence-electron chi connectivity index (χ2n) is 5.67. The third-order valence-electron chi connectivity index (χ3n) is 3.80. The fourth-order valence-electron chi connectivity index (χ4n) is 2.87. The van der Waals surface area contributed by atoms with Gasteiger partial charge >= 0.3 is 5.97 Å². The van der Waals surface area contributed by atoms with E-state index >= 15 is 0 Å². The van der Waals surface area contributed by atoms with Crippen LogP contribution in [0.2, 0.25) is 0 Å². The summed E-state index contributed by atoms with van der Waals surface area (Å²) in [4.78, 5) is 15.8. The smallest absolute Gasteiger partial charge is 0.308 e. The van der Waals surface area contributed by atoms with Gasteiger partial charge in [0.25, 0.3) is 0 Å². The van der Waals surface area contributed by atoms with Crippen molar-refractivity contribution in [2.45, 2.75) is 33.1 Å². The molecule has 0 radical (unpaired) electrons. The average Bonchev–Trinajstić information content (AvgIpc) is 2.48. The Balaban J connectivity index is 2.02. The maximum atomic E-state index is 11.2. The molecule has 1 heterocycles. The van der Waals surface area contributed by atoms with E-state index in [2.05, 4.69) is 24.1 Å². The Kier molecular flexibility index (Phi) is 4.05. The molecule has 0 amide bonds. The quantitative estimate of drug-likeness (QED) is 0.615. The number of aryl methyl sites for hydroxylation is 2. The number of carbonyl (C=O) groups excluding carboxylic acids is 1.